The summed E-state index contributed by atoms with van der Waals surface area (Å²) in [4.78, 5) is 38.4. The van der Waals surface area contributed by atoms with Crippen molar-refractivity contribution in [2.24, 2.45) is 5.92 Å². The van der Waals surface area contributed by atoms with Crippen LogP contribution in [0.4, 0.5) is 5.82 Å². The Balaban J connectivity index is 1.66. The number of ether oxygens (including phenoxy) is 1. The number of aromatic nitrogens is 3. The van der Waals surface area contributed by atoms with E-state index in [9.17, 15) is 9.59 Å². The number of nitrogens with zero attached hydrogens (tertiary/aromatic N) is 6. The van der Waals surface area contributed by atoms with Crippen LogP contribution in [0.3, 0.4) is 0 Å². The second kappa shape index (κ2) is 9.91. The first-order chi connectivity index (χ1) is 16.5. The van der Waals surface area contributed by atoms with E-state index in [1.807, 2.05) is 32.2 Å². The first-order valence-corrected chi connectivity index (χ1v) is 11.4. The number of carbonyl (C=O) groups is 2. The minimum absolute atomic E-state index is 0.0206. The van der Waals surface area contributed by atoms with E-state index in [1.54, 1.807) is 29.3 Å². The number of piperidine rings is 1. The van der Waals surface area contributed by atoms with E-state index in [0.29, 0.717) is 48.4 Å². The van der Waals surface area contributed by atoms with E-state index in [0.717, 1.165) is 11.8 Å². The second-order valence-electron chi connectivity index (χ2n) is 8.47. The van der Waals surface area contributed by atoms with Crippen LogP contribution in [0.1, 0.15) is 37.0 Å². The Hall–Kier alpha value is -3.93. The Labute approximate surface area is 198 Å². The summed E-state index contributed by atoms with van der Waals surface area (Å²) in [6, 6.07) is 11.0. The van der Waals surface area contributed by atoms with Crippen molar-refractivity contribution in [3.8, 4) is 11.8 Å². The molecule has 4 rings (SSSR count). The molecule has 2 aromatic heterocycles. The van der Waals surface area contributed by atoms with Crippen molar-refractivity contribution in [3.05, 3.63) is 48.4 Å². The molecule has 1 aliphatic rings. The van der Waals surface area contributed by atoms with Crippen LogP contribution in [0.15, 0.2) is 42.9 Å². The maximum absolute atomic E-state index is 13.4. The molecule has 176 valence electrons. The topological polar surface area (TPSA) is 104 Å². The summed E-state index contributed by atoms with van der Waals surface area (Å²) in [5.74, 6) is 1.17. The molecule has 0 unspecified atom stereocenters. The predicted octanol–water partition coefficient (Wildman–Crippen LogP) is 3.11. The first kappa shape index (κ1) is 23.2. The van der Waals surface area contributed by atoms with Crippen molar-refractivity contribution >= 4 is 28.7 Å². The lowest BCUT2D eigenvalue weighted by Gasteiger charge is -2.42. The SMILES string of the molecule is CCOc1ccccc1C(=O)n1ccc2c(N(C)[C@H]3CN(C(=O)CC#N)CC[C@H]3C)ncnc21. The van der Waals surface area contributed by atoms with Crippen molar-refractivity contribution < 1.29 is 14.3 Å². The van der Waals surface area contributed by atoms with Gasteiger partial charge in [0.05, 0.1) is 29.7 Å². The lowest BCUT2D eigenvalue weighted by atomic mass is 9.92. The number of likely N-dealkylation sites (N-methyl/N-ethyl adjacent to an activating group) is 1. The van der Waals surface area contributed by atoms with Gasteiger partial charge in [0.25, 0.3) is 5.91 Å². The highest BCUT2D eigenvalue weighted by molar-refractivity contribution is 6.04. The molecule has 1 aromatic carbocycles. The Bertz CT molecular complexity index is 1250. The lowest BCUT2D eigenvalue weighted by Crippen LogP contribution is -2.52. The van der Waals surface area contributed by atoms with Crippen LogP contribution >= 0.6 is 0 Å². The average molecular weight is 461 g/mol. The summed E-state index contributed by atoms with van der Waals surface area (Å²) in [5.41, 5.74) is 0.969. The van der Waals surface area contributed by atoms with Crippen molar-refractivity contribution in [1.29, 1.82) is 5.26 Å². The number of nitriles is 1. The molecular formula is C25H28N6O3. The highest BCUT2D eigenvalue weighted by Gasteiger charge is 2.33. The molecule has 3 aromatic rings. The number of amides is 1. The highest BCUT2D eigenvalue weighted by Crippen LogP contribution is 2.30. The average Bonchev–Trinajstić information content (AvgIpc) is 3.28. The number of fused-ring (bicyclic) bond motifs is 1. The van der Waals surface area contributed by atoms with Crippen molar-refractivity contribution in [2.45, 2.75) is 32.7 Å². The molecule has 0 spiro atoms. The van der Waals surface area contributed by atoms with Crippen LogP contribution in [0, 0.1) is 17.2 Å². The zero-order valence-electron chi connectivity index (χ0n) is 19.6. The summed E-state index contributed by atoms with van der Waals surface area (Å²) in [7, 11) is 1.95. The fourth-order valence-electron chi connectivity index (χ4n) is 4.55. The third-order valence-corrected chi connectivity index (χ3v) is 6.43. The summed E-state index contributed by atoms with van der Waals surface area (Å²) >= 11 is 0. The molecule has 0 bridgehead atoms. The van der Waals surface area contributed by atoms with E-state index in [2.05, 4.69) is 21.8 Å². The molecule has 0 N–H and O–H groups in total. The van der Waals surface area contributed by atoms with Gasteiger partial charge in [-0.25, -0.2) is 9.97 Å². The molecule has 0 saturated carbocycles. The lowest BCUT2D eigenvalue weighted by molar-refractivity contribution is -0.131. The van der Waals surface area contributed by atoms with E-state index in [1.165, 1.54) is 10.9 Å². The number of likely N-dealkylation sites (tertiary alicyclic amines) is 1. The first-order valence-electron chi connectivity index (χ1n) is 11.4. The van der Waals surface area contributed by atoms with Crippen LogP contribution in [0.25, 0.3) is 11.0 Å². The summed E-state index contributed by atoms with van der Waals surface area (Å²) in [5, 5.41) is 9.65. The minimum Gasteiger partial charge on any atom is -0.493 e. The normalized spacial score (nSPS) is 17.9. The Morgan fingerprint density at radius 1 is 1.26 bits per heavy atom. The Kier molecular flexibility index (Phi) is 6.77. The van der Waals surface area contributed by atoms with Crippen molar-refractivity contribution in [2.75, 3.05) is 31.6 Å². The maximum atomic E-state index is 13.4. The van der Waals surface area contributed by atoms with Gasteiger partial charge in [-0.1, -0.05) is 19.1 Å². The molecule has 9 nitrogen and oxygen atoms in total. The maximum Gasteiger partial charge on any atom is 0.267 e. The van der Waals surface area contributed by atoms with Gasteiger partial charge in [0, 0.05) is 26.3 Å². The minimum atomic E-state index is -0.231. The second-order valence-corrected chi connectivity index (χ2v) is 8.47. The van der Waals surface area contributed by atoms with Gasteiger partial charge in [0.2, 0.25) is 5.91 Å². The predicted molar refractivity (Wildman–Crippen MR) is 128 cm³/mol. The number of benzene rings is 1. The van der Waals surface area contributed by atoms with Crippen LogP contribution < -0.4 is 9.64 Å². The Morgan fingerprint density at radius 3 is 2.82 bits per heavy atom. The molecule has 34 heavy (non-hydrogen) atoms. The molecular weight excluding hydrogens is 432 g/mol. The third kappa shape index (κ3) is 4.31. The molecule has 1 fully saturated rings. The molecule has 0 radical (unpaired) electrons. The number of anilines is 1. The van der Waals surface area contributed by atoms with E-state index in [-0.39, 0.29) is 24.3 Å². The van der Waals surface area contributed by atoms with Crippen LogP contribution in [0.2, 0.25) is 0 Å². The molecule has 2 atom stereocenters. The number of rotatable bonds is 6. The monoisotopic (exact) mass is 460 g/mol. The molecule has 0 aliphatic carbocycles. The summed E-state index contributed by atoms with van der Waals surface area (Å²) in [6.45, 7) is 5.66. The number of carbonyl (C=O) groups excluding carboxylic acids is 2. The number of hydrogen-bond donors (Lipinski definition) is 0. The van der Waals surface area contributed by atoms with Crippen molar-refractivity contribution in [3.63, 3.8) is 0 Å². The highest BCUT2D eigenvalue weighted by atomic mass is 16.5. The van der Waals surface area contributed by atoms with E-state index >= 15 is 0 Å². The van der Waals surface area contributed by atoms with Gasteiger partial charge >= 0.3 is 0 Å². The molecule has 1 amide bonds. The largest absolute Gasteiger partial charge is 0.493 e. The van der Waals surface area contributed by atoms with Crippen LogP contribution in [-0.2, 0) is 4.79 Å². The van der Waals surface area contributed by atoms with Gasteiger partial charge in [-0.15, -0.1) is 0 Å². The zero-order valence-corrected chi connectivity index (χ0v) is 19.6. The van der Waals surface area contributed by atoms with Gasteiger partial charge in [0.15, 0.2) is 5.65 Å². The fourth-order valence-corrected chi connectivity index (χ4v) is 4.55. The Morgan fingerprint density at radius 2 is 2.06 bits per heavy atom. The quantitative estimate of drug-likeness (QED) is 0.557. The molecule has 1 aliphatic heterocycles. The number of para-hydroxylation sites is 1. The zero-order chi connectivity index (χ0) is 24.2. The van der Waals surface area contributed by atoms with Gasteiger partial charge in [0.1, 0.15) is 24.3 Å². The van der Waals surface area contributed by atoms with Crippen LogP contribution in [0.5, 0.6) is 5.75 Å². The third-order valence-electron chi connectivity index (χ3n) is 6.43. The summed E-state index contributed by atoms with van der Waals surface area (Å²) in [6.07, 6.45) is 3.89. The van der Waals surface area contributed by atoms with Gasteiger partial charge in [-0.3, -0.25) is 14.2 Å². The van der Waals surface area contributed by atoms with Gasteiger partial charge in [-0.05, 0) is 37.5 Å². The number of hydrogen-bond acceptors (Lipinski definition) is 7. The van der Waals surface area contributed by atoms with E-state index in [4.69, 9.17) is 10.00 Å². The van der Waals surface area contributed by atoms with Gasteiger partial charge in [-0.2, -0.15) is 5.26 Å². The smallest absolute Gasteiger partial charge is 0.267 e. The van der Waals surface area contributed by atoms with Crippen molar-refractivity contribution in [1.82, 2.24) is 19.4 Å². The fraction of sp³-hybridized carbons (Fsp3) is 0.400. The van der Waals surface area contributed by atoms with Gasteiger partial charge < -0.3 is 14.5 Å². The molecule has 1 saturated heterocycles. The molecule has 9 heteroatoms. The molecule has 3 heterocycles. The standard InChI is InChI=1S/C25H28N6O3/c1-4-34-21-8-6-5-7-18(21)25(33)31-14-11-19-23(27-16-28-24(19)31)29(3)20-15-30(13-10-17(20)2)22(32)9-12-26/h5-8,11,14,16-17,20H,4,9-10,13,15H2,1-3H3/t17-,20+/m1/s1. The van der Waals surface area contributed by atoms with E-state index < -0.39 is 0 Å². The van der Waals surface area contributed by atoms with Crippen LogP contribution in [-0.4, -0.2) is 64.0 Å². The summed E-state index contributed by atoms with van der Waals surface area (Å²) < 4.78 is 7.15.